The molecule has 94 valence electrons. The number of aliphatic carboxylic acids is 1. The summed E-state index contributed by atoms with van der Waals surface area (Å²) in [6, 6.07) is 8.47. The summed E-state index contributed by atoms with van der Waals surface area (Å²) >= 11 is 0. The van der Waals surface area contributed by atoms with Crippen LogP contribution in [0.4, 0.5) is 0 Å². The van der Waals surface area contributed by atoms with Gasteiger partial charge in [-0.3, -0.25) is 9.69 Å². The molecule has 1 atom stereocenters. The minimum atomic E-state index is -0.729. The van der Waals surface area contributed by atoms with Gasteiger partial charge >= 0.3 is 5.97 Å². The van der Waals surface area contributed by atoms with Gasteiger partial charge in [-0.15, -0.1) is 0 Å². The van der Waals surface area contributed by atoms with Crippen LogP contribution in [0.3, 0.4) is 0 Å². The number of aryl methyl sites for hydroxylation is 1. The van der Waals surface area contributed by atoms with Crippen molar-refractivity contribution in [3.8, 4) is 0 Å². The van der Waals surface area contributed by atoms with E-state index in [1.165, 1.54) is 11.1 Å². The Morgan fingerprint density at radius 2 is 1.94 bits per heavy atom. The number of carbonyl (C=O) groups is 1. The van der Waals surface area contributed by atoms with Crippen molar-refractivity contribution in [1.82, 2.24) is 4.90 Å². The van der Waals surface area contributed by atoms with Crippen LogP contribution in [0.15, 0.2) is 24.3 Å². The third kappa shape index (κ3) is 4.57. The topological polar surface area (TPSA) is 40.5 Å². The van der Waals surface area contributed by atoms with E-state index >= 15 is 0 Å². The van der Waals surface area contributed by atoms with Crippen molar-refractivity contribution in [3.05, 3.63) is 35.4 Å². The van der Waals surface area contributed by atoms with Crippen molar-refractivity contribution >= 4 is 5.97 Å². The SMILES string of the molecule is CCC(CC(=O)O)N(C)Cc1ccc(C)cc1. The first-order valence-corrected chi connectivity index (χ1v) is 6.00. The maximum absolute atomic E-state index is 10.7. The lowest BCUT2D eigenvalue weighted by Gasteiger charge is -2.25. The highest BCUT2D eigenvalue weighted by Gasteiger charge is 2.16. The zero-order chi connectivity index (χ0) is 12.8. The quantitative estimate of drug-likeness (QED) is 0.824. The first-order valence-electron chi connectivity index (χ1n) is 6.00. The molecule has 0 saturated carbocycles. The molecule has 0 amide bonds. The van der Waals surface area contributed by atoms with E-state index in [0.29, 0.717) is 0 Å². The average Bonchev–Trinajstić information content (AvgIpc) is 2.28. The Morgan fingerprint density at radius 3 is 2.41 bits per heavy atom. The smallest absolute Gasteiger partial charge is 0.304 e. The fourth-order valence-electron chi connectivity index (χ4n) is 1.92. The molecule has 0 aliphatic heterocycles. The van der Waals surface area contributed by atoms with Gasteiger partial charge < -0.3 is 5.11 Å². The molecule has 0 aliphatic rings. The maximum atomic E-state index is 10.7. The second-order valence-electron chi connectivity index (χ2n) is 4.56. The number of hydrogen-bond acceptors (Lipinski definition) is 2. The molecule has 3 heteroatoms. The lowest BCUT2D eigenvalue weighted by atomic mass is 10.1. The molecular formula is C14H21NO2. The Hall–Kier alpha value is -1.35. The van der Waals surface area contributed by atoms with Crippen molar-refractivity contribution in [1.29, 1.82) is 0 Å². The van der Waals surface area contributed by atoms with Gasteiger partial charge in [-0.2, -0.15) is 0 Å². The van der Waals surface area contributed by atoms with Crippen LogP contribution in [0.2, 0.25) is 0 Å². The molecule has 0 bridgehead atoms. The summed E-state index contributed by atoms with van der Waals surface area (Å²) in [4.78, 5) is 12.9. The Labute approximate surface area is 103 Å². The number of hydrogen-bond donors (Lipinski definition) is 1. The van der Waals surface area contributed by atoms with Gasteiger partial charge in [-0.1, -0.05) is 36.8 Å². The highest BCUT2D eigenvalue weighted by Crippen LogP contribution is 2.12. The summed E-state index contributed by atoms with van der Waals surface area (Å²) in [7, 11) is 1.98. The Balaban J connectivity index is 2.60. The van der Waals surface area contributed by atoms with Crippen LogP contribution < -0.4 is 0 Å². The molecule has 0 aromatic heterocycles. The minimum absolute atomic E-state index is 0.105. The molecule has 0 fully saturated rings. The molecule has 0 spiro atoms. The molecule has 1 unspecified atom stereocenters. The fraction of sp³-hybridized carbons (Fsp3) is 0.500. The average molecular weight is 235 g/mol. The van der Waals surface area contributed by atoms with Gasteiger partial charge in [-0.25, -0.2) is 0 Å². The van der Waals surface area contributed by atoms with Gasteiger partial charge in [0.2, 0.25) is 0 Å². The van der Waals surface area contributed by atoms with Crippen LogP contribution in [0.5, 0.6) is 0 Å². The fourth-order valence-corrected chi connectivity index (χ4v) is 1.92. The third-order valence-corrected chi connectivity index (χ3v) is 3.06. The molecular weight excluding hydrogens is 214 g/mol. The Bertz CT molecular complexity index is 359. The number of rotatable bonds is 6. The van der Waals surface area contributed by atoms with Crippen LogP contribution in [-0.2, 0) is 11.3 Å². The van der Waals surface area contributed by atoms with Crippen LogP contribution in [-0.4, -0.2) is 29.1 Å². The van der Waals surface area contributed by atoms with Crippen LogP contribution in [0, 0.1) is 6.92 Å². The lowest BCUT2D eigenvalue weighted by molar-refractivity contribution is -0.138. The third-order valence-electron chi connectivity index (χ3n) is 3.06. The van der Waals surface area contributed by atoms with Gasteiger partial charge in [0.15, 0.2) is 0 Å². The van der Waals surface area contributed by atoms with E-state index in [9.17, 15) is 4.79 Å². The van der Waals surface area contributed by atoms with E-state index in [4.69, 9.17) is 5.11 Å². The monoisotopic (exact) mass is 235 g/mol. The van der Waals surface area contributed by atoms with E-state index in [-0.39, 0.29) is 12.5 Å². The van der Waals surface area contributed by atoms with Crippen LogP contribution in [0.25, 0.3) is 0 Å². The number of nitrogens with zero attached hydrogens (tertiary/aromatic N) is 1. The van der Waals surface area contributed by atoms with Gasteiger partial charge in [0.05, 0.1) is 6.42 Å². The first kappa shape index (κ1) is 13.7. The molecule has 0 heterocycles. The molecule has 1 aromatic rings. The molecule has 0 saturated heterocycles. The van der Waals surface area contributed by atoms with E-state index in [1.54, 1.807) is 0 Å². The highest BCUT2D eigenvalue weighted by atomic mass is 16.4. The predicted octanol–water partition coefficient (Wildman–Crippen LogP) is 2.68. The van der Waals surface area contributed by atoms with Crippen LogP contribution in [0.1, 0.15) is 30.9 Å². The Morgan fingerprint density at radius 1 is 1.35 bits per heavy atom. The summed E-state index contributed by atoms with van der Waals surface area (Å²) in [5.74, 6) is -0.729. The summed E-state index contributed by atoms with van der Waals surface area (Å²) in [5, 5.41) is 8.84. The van der Waals surface area contributed by atoms with E-state index in [2.05, 4.69) is 36.1 Å². The van der Waals surface area contributed by atoms with Gasteiger partial charge in [0, 0.05) is 12.6 Å². The zero-order valence-corrected chi connectivity index (χ0v) is 10.8. The van der Waals surface area contributed by atoms with Gasteiger partial charge in [-0.05, 0) is 26.0 Å². The first-order chi connectivity index (χ1) is 8.02. The predicted molar refractivity (Wildman–Crippen MR) is 69.0 cm³/mol. The highest BCUT2D eigenvalue weighted by molar-refractivity contribution is 5.67. The lowest BCUT2D eigenvalue weighted by Crippen LogP contribution is -2.32. The van der Waals surface area contributed by atoms with Crippen LogP contribution >= 0.6 is 0 Å². The second-order valence-corrected chi connectivity index (χ2v) is 4.56. The molecule has 0 aliphatic carbocycles. The van der Waals surface area contributed by atoms with Crippen molar-refractivity contribution in [3.63, 3.8) is 0 Å². The second kappa shape index (κ2) is 6.40. The molecule has 3 nitrogen and oxygen atoms in total. The minimum Gasteiger partial charge on any atom is -0.481 e. The Kier molecular flexibility index (Phi) is 5.16. The molecule has 1 aromatic carbocycles. The summed E-state index contributed by atoms with van der Waals surface area (Å²) < 4.78 is 0. The van der Waals surface area contributed by atoms with Crippen molar-refractivity contribution in [2.75, 3.05) is 7.05 Å². The summed E-state index contributed by atoms with van der Waals surface area (Å²) in [6.45, 7) is 4.89. The van der Waals surface area contributed by atoms with E-state index in [1.807, 2.05) is 14.0 Å². The summed E-state index contributed by atoms with van der Waals surface area (Å²) in [5.41, 5.74) is 2.47. The van der Waals surface area contributed by atoms with Gasteiger partial charge in [0.25, 0.3) is 0 Å². The summed E-state index contributed by atoms with van der Waals surface area (Å²) in [6.07, 6.45) is 1.06. The van der Waals surface area contributed by atoms with Crippen molar-refractivity contribution < 1.29 is 9.90 Å². The standard InChI is InChI=1S/C14H21NO2/c1-4-13(9-14(16)17)15(3)10-12-7-5-11(2)6-8-12/h5-8,13H,4,9-10H2,1-3H3,(H,16,17). The normalized spacial score (nSPS) is 12.7. The van der Waals surface area contributed by atoms with Crippen molar-refractivity contribution in [2.24, 2.45) is 0 Å². The largest absolute Gasteiger partial charge is 0.481 e. The molecule has 1 rings (SSSR count). The van der Waals surface area contributed by atoms with Crippen molar-refractivity contribution in [2.45, 2.75) is 39.3 Å². The van der Waals surface area contributed by atoms with Gasteiger partial charge in [0.1, 0.15) is 0 Å². The zero-order valence-electron chi connectivity index (χ0n) is 10.8. The van der Waals surface area contributed by atoms with E-state index in [0.717, 1.165) is 13.0 Å². The van der Waals surface area contributed by atoms with E-state index < -0.39 is 5.97 Å². The molecule has 1 N–H and O–H groups in total. The number of carboxylic acids is 1. The number of carboxylic acid groups (broad SMARTS) is 1. The maximum Gasteiger partial charge on any atom is 0.304 e. The molecule has 0 radical (unpaired) electrons. The molecule has 17 heavy (non-hydrogen) atoms. The number of benzene rings is 1.